The van der Waals surface area contributed by atoms with Crippen LogP contribution in [0.2, 0.25) is 0 Å². The fourth-order valence-electron chi connectivity index (χ4n) is 2.41. The van der Waals surface area contributed by atoms with Gasteiger partial charge in [0, 0.05) is 24.5 Å². The molecule has 0 saturated heterocycles. The minimum Gasteiger partial charge on any atom is -0.391 e. The first-order chi connectivity index (χ1) is 11.1. The second kappa shape index (κ2) is 7.10. The van der Waals surface area contributed by atoms with E-state index in [9.17, 15) is 9.90 Å². The number of hydrogen-bond acceptors (Lipinski definition) is 4. The molecule has 1 heterocycles. The van der Waals surface area contributed by atoms with E-state index in [4.69, 9.17) is 0 Å². The number of amides is 2. The Morgan fingerprint density at radius 3 is 2.87 bits per heavy atom. The van der Waals surface area contributed by atoms with Crippen LogP contribution in [0.5, 0.6) is 0 Å². The smallest absolute Gasteiger partial charge is 0.317 e. The molecule has 3 rings (SSSR count). The van der Waals surface area contributed by atoms with E-state index < -0.39 is 6.10 Å². The molecule has 2 amide bonds. The van der Waals surface area contributed by atoms with E-state index >= 15 is 0 Å². The number of aliphatic hydroxyl groups excluding tert-OH is 1. The lowest BCUT2D eigenvalue weighted by Gasteiger charge is -2.20. The van der Waals surface area contributed by atoms with E-state index in [2.05, 4.69) is 10.3 Å². The van der Waals surface area contributed by atoms with E-state index in [-0.39, 0.29) is 6.03 Å². The summed E-state index contributed by atoms with van der Waals surface area (Å²) in [5, 5.41) is 15.6. The number of benzene rings is 1. The van der Waals surface area contributed by atoms with Crippen LogP contribution >= 0.6 is 11.3 Å². The quantitative estimate of drug-likeness (QED) is 0.855. The van der Waals surface area contributed by atoms with Crippen molar-refractivity contribution in [1.29, 1.82) is 0 Å². The molecule has 2 N–H and O–H groups in total. The molecule has 1 atom stereocenters. The van der Waals surface area contributed by atoms with Crippen molar-refractivity contribution < 1.29 is 9.90 Å². The molecule has 1 saturated carbocycles. The molecular weight excluding hydrogens is 310 g/mol. The number of nitrogens with zero attached hydrogens (tertiary/aromatic N) is 2. The maximum atomic E-state index is 12.1. The number of nitrogens with one attached hydrogen (secondary N) is 1. The summed E-state index contributed by atoms with van der Waals surface area (Å²) in [4.78, 5) is 18.1. The van der Waals surface area contributed by atoms with Gasteiger partial charge in [-0.05, 0) is 18.8 Å². The van der Waals surface area contributed by atoms with Crippen molar-refractivity contribution in [2.75, 3.05) is 13.6 Å². The molecule has 0 radical (unpaired) electrons. The minimum atomic E-state index is -0.407. The van der Waals surface area contributed by atoms with E-state index in [1.807, 2.05) is 35.7 Å². The van der Waals surface area contributed by atoms with Gasteiger partial charge in [-0.3, -0.25) is 0 Å². The van der Waals surface area contributed by atoms with Crippen molar-refractivity contribution >= 4 is 17.4 Å². The zero-order valence-electron chi connectivity index (χ0n) is 13.1. The first-order valence-corrected chi connectivity index (χ1v) is 8.68. The standard InChI is InChI=1S/C17H21N3O2S/c1-20(10-15(21)13-7-8-13)17(22)18-9-16-19-14(11-23-16)12-5-3-2-4-6-12/h2-6,11,13,15,21H,7-10H2,1H3,(H,18,22). The third-order valence-electron chi connectivity index (χ3n) is 3.99. The third kappa shape index (κ3) is 4.30. The number of likely N-dealkylation sites (N-methyl/N-ethyl adjacent to an activating group) is 1. The fourth-order valence-corrected chi connectivity index (χ4v) is 3.16. The van der Waals surface area contributed by atoms with E-state index in [1.54, 1.807) is 7.05 Å². The number of aliphatic hydroxyl groups is 1. The van der Waals surface area contributed by atoms with Gasteiger partial charge < -0.3 is 15.3 Å². The molecule has 1 fully saturated rings. The Bertz CT molecular complexity index is 655. The first kappa shape index (κ1) is 16.0. The molecule has 1 unspecified atom stereocenters. The molecule has 1 aliphatic rings. The minimum absolute atomic E-state index is 0.179. The Kier molecular flexibility index (Phi) is 4.93. The van der Waals surface area contributed by atoms with Gasteiger partial charge in [-0.1, -0.05) is 30.3 Å². The number of aromatic nitrogens is 1. The summed E-state index contributed by atoms with van der Waals surface area (Å²) in [6.07, 6.45) is 1.73. The number of rotatable bonds is 6. The Balaban J connectivity index is 1.50. The SMILES string of the molecule is CN(CC(O)C1CC1)C(=O)NCc1nc(-c2ccccc2)cs1. The van der Waals surface area contributed by atoms with Crippen LogP contribution in [0.15, 0.2) is 35.7 Å². The maximum Gasteiger partial charge on any atom is 0.317 e. The zero-order chi connectivity index (χ0) is 16.2. The zero-order valence-corrected chi connectivity index (χ0v) is 13.9. The highest BCUT2D eigenvalue weighted by Gasteiger charge is 2.31. The van der Waals surface area contributed by atoms with E-state index in [0.29, 0.717) is 19.0 Å². The van der Waals surface area contributed by atoms with Gasteiger partial charge in [-0.15, -0.1) is 11.3 Å². The van der Waals surface area contributed by atoms with Gasteiger partial charge in [0.25, 0.3) is 0 Å². The first-order valence-electron chi connectivity index (χ1n) is 7.80. The van der Waals surface area contributed by atoms with Gasteiger partial charge >= 0.3 is 6.03 Å². The summed E-state index contributed by atoms with van der Waals surface area (Å²) in [6.45, 7) is 0.782. The van der Waals surface area contributed by atoms with Crippen LogP contribution in [0.3, 0.4) is 0 Å². The van der Waals surface area contributed by atoms with Gasteiger partial charge in [0.05, 0.1) is 18.3 Å². The van der Waals surface area contributed by atoms with Crippen molar-refractivity contribution in [2.24, 2.45) is 5.92 Å². The lowest BCUT2D eigenvalue weighted by molar-refractivity contribution is 0.113. The molecular formula is C17H21N3O2S. The average Bonchev–Trinajstić information content (AvgIpc) is 3.32. The van der Waals surface area contributed by atoms with Crippen molar-refractivity contribution in [3.05, 3.63) is 40.7 Å². The van der Waals surface area contributed by atoms with Gasteiger partial charge in [0.2, 0.25) is 0 Å². The third-order valence-corrected chi connectivity index (χ3v) is 4.83. The maximum absolute atomic E-state index is 12.1. The van der Waals surface area contributed by atoms with Gasteiger partial charge in [0.15, 0.2) is 0 Å². The summed E-state index contributed by atoms with van der Waals surface area (Å²) in [5.41, 5.74) is 2.00. The van der Waals surface area contributed by atoms with Gasteiger partial charge in [0.1, 0.15) is 5.01 Å². The number of thiazole rings is 1. The Labute approximate surface area is 140 Å². The second-order valence-corrected chi connectivity index (χ2v) is 6.88. The van der Waals surface area contributed by atoms with Crippen molar-refractivity contribution in [3.8, 4) is 11.3 Å². The lowest BCUT2D eigenvalue weighted by Crippen LogP contribution is -2.41. The second-order valence-electron chi connectivity index (χ2n) is 5.94. The highest BCUT2D eigenvalue weighted by molar-refractivity contribution is 7.09. The molecule has 0 aliphatic heterocycles. The number of urea groups is 1. The summed E-state index contributed by atoms with van der Waals surface area (Å²) >= 11 is 1.53. The molecule has 5 nitrogen and oxygen atoms in total. The molecule has 1 aromatic carbocycles. The van der Waals surface area contributed by atoms with Crippen LogP contribution in [-0.4, -0.2) is 40.7 Å². The summed E-state index contributed by atoms with van der Waals surface area (Å²) in [7, 11) is 1.71. The van der Waals surface area contributed by atoms with Gasteiger partial charge in [-0.2, -0.15) is 0 Å². The number of hydrogen-bond donors (Lipinski definition) is 2. The van der Waals surface area contributed by atoms with Crippen molar-refractivity contribution in [1.82, 2.24) is 15.2 Å². The normalized spacial score (nSPS) is 15.2. The molecule has 1 aliphatic carbocycles. The van der Waals surface area contributed by atoms with Crippen LogP contribution in [0.1, 0.15) is 17.8 Å². The predicted molar refractivity (Wildman–Crippen MR) is 91.1 cm³/mol. The van der Waals surface area contributed by atoms with Crippen LogP contribution in [-0.2, 0) is 6.54 Å². The van der Waals surface area contributed by atoms with Crippen LogP contribution < -0.4 is 5.32 Å². The van der Waals surface area contributed by atoms with Gasteiger partial charge in [-0.25, -0.2) is 9.78 Å². The Morgan fingerprint density at radius 1 is 1.43 bits per heavy atom. The molecule has 6 heteroatoms. The highest BCUT2D eigenvalue weighted by Crippen LogP contribution is 2.32. The monoisotopic (exact) mass is 331 g/mol. The number of carbonyl (C=O) groups excluding carboxylic acids is 1. The topological polar surface area (TPSA) is 65.5 Å². The summed E-state index contributed by atoms with van der Waals surface area (Å²) in [6, 6.07) is 9.80. The fraction of sp³-hybridized carbons (Fsp3) is 0.412. The summed E-state index contributed by atoms with van der Waals surface area (Å²) < 4.78 is 0. The molecule has 0 spiro atoms. The lowest BCUT2D eigenvalue weighted by atomic mass is 10.2. The van der Waals surface area contributed by atoms with E-state index in [0.717, 1.165) is 29.1 Å². The molecule has 122 valence electrons. The largest absolute Gasteiger partial charge is 0.391 e. The van der Waals surface area contributed by atoms with Crippen molar-refractivity contribution in [2.45, 2.75) is 25.5 Å². The molecule has 1 aromatic heterocycles. The Hall–Kier alpha value is -1.92. The van der Waals surface area contributed by atoms with E-state index in [1.165, 1.54) is 16.2 Å². The predicted octanol–water partition coefficient (Wildman–Crippen LogP) is 2.72. The molecule has 23 heavy (non-hydrogen) atoms. The highest BCUT2D eigenvalue weighted by atomic mass is 32.1. The van der Waals surface area contributed by atoms with Crippen LogP contribution in [0.25, 0.3) is 11.3 Å². The summed E-state index contributed by atoms with van der Waals surface area (Å²) in [5.74, 6) is 0.373. The number of carbonyl (C=O) groups is 1. The molecule has 2 aromatic rings. The average molecular weight is 331 g/mol. The van der Waals surface area contributed by atoms with Crippen molar-refractivity contribution in [3.63, 3.8) is 0 Å². The Morgan fingerprint density at radius 2 is 2.17 bits per heavy atom. The molecule has 0 bridgehead atoms. The van der Waals surface area contributed by atoms with Crippen LogP contribution in [0.4, 0.5) is 4.79 Å². The van der Waals surface area contributed by atoms with Crippen LogP contribution in [0, 0.1) is 5.92 Å².